The van der Waals surface area contributed by atoms with E-state index in [9.17, 15) is 18.0 Å². The first-order chi connectivity index (χ1) is 9.36. The monoisotopic (exact) mass is 296 g/mol. The van der Waals surface area contributed by atoms with Gasteiger partial charge in [-0.2, -0.15) is 8.42 Å². The number of carbonyl (C=O) groups excluding carboxylic acids is 1. The Morgan fingerprint density at radius 1 is 1.45 bits per heavy atom. The molecule has 1 amide bonds. The Balaban J connectivity index is 1.93. The second-order valence-corrected chi connectivity index (χ2v) is 7.02. The first kappa shape index (κ1) is 13.0. The Morgan fingerprint density at radius 2 is 2.15 bits per heavy atom. The van der Waals surface area contributed by atoms with E-state index in [2.05, 4.69) is 4.98 Å². The van der Waals surface area contributed by atoms with Crippen molar-refractivity contribution in [1.29, 1.82) is 0 Å². The van der Waals surface area contributed by atoms with Gasteiger partial charge in [0.2, 0.25) is 0 Å². The highest BCUT2D eigenvalue weighted by atomic mass is 32.2. The summed E-state index contributed by atoms with van der Waals surface area (Å²) < 4.78 is 25.3. The second-order valence-electron chi connectivity index (χ2n) is 5.24. The number of fused-ring (bicyclic) bond motifs is 1. The van der Waals surface area contributed by atoms with Gasteiger partial charge in [0.05, 0.1) is 12.0 Å². The third-order valence-corrected chi connectivity index (χ3v) is 5.41. The van der Waals surface area contributed by atoms with Crippen molar-refractivity contribution in [3.05, 3.63) is 23.9 Å². The number of aliphatic carboxylic acids is 1. The number of rotatable bonds is 4. The highest BCUT2D eigenvalue weighted by molar-refractivity contribution is 7.90. The number of hydrogen-bond donors (Lipinski definition) is 1. The van der Waals surface area contributed by atoms with E-state index in [0.717, 1.165) is 4.31 Å². The van der Waals surface area contributed by atoms with Crippen LogP contribution in [0.3, 0.4) is 0 Å². The van der Waals surface area contributed by atoms with Gasteiger partial charge >= 0.3 is 5.97 Å². The molecule has 8 heteroatoms. The number of amides is 1. The molecule has 7 nitrogen and oxygen atoms in total. The van der Waals surface area contributed by atoms with Crippen molar-refractivity contribution in [2.24, 2.45) is 5.41 Å². The van der Waals surface area contributed by atoms with E-state index >= 15 is 0 Å². The van der Waals surface area contributed by atoms with E-state index in [1.54, 1.807) is 0 Å². The molecule has 0 spiro atoms. The topological polar surface area (TPSA) is 105 Å². The summed E-state index contributed by atoms with van der Waals surface area (Å²) in [5, 5.41) is 8.63. The number of nitrogens with zero attached hydrogens (tertiary/aromatic N) is 2. The molecule has 2 heterocycles. The fraction of sp³-hybridized carbons (Fsp3) is 0.417. The molecule has 1 fully saturated rings. The molecule has 0 saturated heterocycles. The average molecular weight is 296 g/mol. The number of carboxylic acids is 1. The minimum absolute atomic E-state index is 0.0543. The molecule has 1 aromatic heterocycles. The maximum atomic E-state index is 12.3. The van der Waals surface area contributed by atoms with Crippen LogP contribution in [0, 0.1) is 5.41 Å². The molecule has 0 unspecified atom stereocenters. The summed E-state index contributed by atoms with van der Waals surface area (Å²) in [6.07, 6.45) is 2.41. The van der Waals surface area contributed by atoms with E-state index in [-0.39, 0.29) is 23.6 Å². The van der Waals surface area contributed by atoms with Gasteiger partial charge in [-0.05, 0) is 30.4 Å². The molecule has 1 N–H and O–H groups in total. The van der Waals surface area contributed by atoms with Crippen molar-refractivity contribution in [3.8, 4) is 0 Å². The Bertz CT molecular complexity index is 708. The minimum Gasteiger partial charge on any atom is -0.481 e. The summed E-state index contributed by atoms with van der Waals surface area (Å²) in [5.74, 6) is -1.60. The Morgan fingerprint density at radius 3 is 2.70 bits per heavy atom. The summed E-state index contributed by atoms with van der Waals surface area (Å²) in [5.41, 5.74) is -0.560. The molecule has 1 aliphatic heterocycles. The van der Waals surface area contributed by atoms with Crippen molar-refractivity contribution < 1.29 is 23.1 Å². The third-order valence-electron chi connectivity index (χ3n) is 3.72. The number of aromatic nitrogens is 1. The van der Waals surface area contributed by atoms with Crippen LogP contribution >= 0.6 is 0 Å². The Hall–Kier alpha value is -1.96. The van der Waals surface area contributed by atoms with Gasteiger partial charge in [0.25, 0.3) is 15.9 Å². The summed E-state index contributed by atoms with van der Waals surface area (Å²) in [4.78, 5) is 26.7. The van der Waals surface area contributed by atoms with E-state index in [0.29, 0.717) is 12.8 Å². The van der Waals surface area contributed by atoms with Gasteiger partial charge in [0.15, 0.2) is 5.03 Å². The number of sulfonamides is 1. The van der Waals surface area contributed by atoms with Gasteiger partial charge in [0.1, 0.15) is 0 Å². The van der Waals surface area contributed by atoms with Crippen LogP contribution in [0.25, 0.3) is 0 Å². The van der Waals surface area contributed by atoms with Gasteiger partial charge in [-0.15, -0.1) is 0 Å². The molecule has 0 aromatic carbocycles. The summed E-state index contributed by atoms with van der Waals surface area (Å²) >= 11 is 0. The largest absolute Gasteiger partial charge is 0.481 e. The Labute approximate surface area is 115 Å². The third kappa shape index (κ3) is 1.87. The van der Waals surface area contributed by atoms with Crippen LogP contribution in [0.4, 0.5) is 0 Å². The fourth-order valence-electron chi connectivity index (χ4n) is 2.46. The fourth-order valence-corrected chi connectivity index (χ4v) is 4.05. The van der Waals surface area contributed by atoms with E-state index in [1.807, 2.05) is 0 Å². The highest BCUT2D eigenvalue weighted by Gasteiger charge is 2.52. The summed E-state index contributed by atoms with van der Waals surface area (Å²) in [7, 11) is -3.94. The van der Waals surface area contributed by atoms with Crippen molar-refractivity contribution in [2.45, 2.75) is 24.3 Å². The highest BCUT2D eigenvalue weighted by Crippen LogP contribution is 2.50. The normalized spacial score (nSPS) is 21.6. The minimum atomic E-state index is -3.94. The van der Waals surface area contributed by atoms with Crippen LogP contribution in [0.2, 0.25) is 0 Å². The lowest BCUT2D eigenvalue weighted by molar-refractivity contribution is -0.138. The van der Waals surface area contributed by atoms with Crippen molar-refractivity contribution in [1.82, 2.24) is 9.29 Å². The van der Waals surface area contributed by atoms with Crippen LogP contribution in [-0.2, 0) is 14.8 Å². The molecular formula is C12H12N2O5S. The zero-order chi connectivity index (χ0) is 14.5. The van der Waals surface area contributed by atoms with Gasteiger partial charge < -0.3 is 5.11 Å². The average Bonchev–Trinajstić information content (AvgIpc) is 3.10. The number of pyridine rings is 1. The predicted octanol–water partition coefficient (Wildman–Crippen LogP) is 0.481. The summed E-state index contributed by atoms with van der Waals surface area (Å²) in [6.45, 7) is -0.0865. The molecular weight excluding hydrogens is 284 g/mol. The van der Waals surface area contributed by atoms with Crippen molar-refractivity contribution in [2.75, 3.05) is 6.54 Å². The lowest BCUT2D eigenvalue weighted by Crippen LogP contribution is -2.36. The van der Waals surface area contributed by atoms with Crippen LogP contribution in [0.1, 0.15) is 29.6 Å². The van der Waals surface area contributed by atoms with Crippen molar-refractivity contribution >= 4 is 21.9 Å². The SMILES string of the molecule is O=C(O)CC1(CN2C(=O)c3cccnc3S2(=O)=O)CC1. The van der Waals surface area contributed by atoms with Gasteiger partial charge in [-0.1, -0.05) is 0 Å². The number of carbonyl (C=O) groups is 2. The van der Waals surface area contributed by atoms with E-state index in [4.69, 9.17) is 5.11 Å². The first-order valence-corrected chi connectivity index (χ1v) is 7.54. The maximum absolute atomic E-state index is 12.3. The van der Waals surface area contributed by atoms with Crippen LogP contribution in [-0.4, -0.2) is 41.2 Å². The number of hydrogen-bond acceptors (Lipinski definition) is 5. The molecule has 0 bridgehead atoms. The van der Waals surface area contributed by atoms with E-state index in [1.165, 1.54) is 18.3 Å². The van der Waals surface area contributed by atoms with E-state index < -0.39 is 27.3 Å². The molecule has 106 valence electrons. The van der Waals surface area contributed by atoms with Gasteiger partial charge in [0, 0.05) is 12.7 Å². The molecule has 0 atom stereocenters. The first-order valence-electron chi connectivity index (χ1n) is 6.10. The van der Waals surface area contributed by atoms with Crippen LogP contribution in [0.15, 0.2) is 23.4 Å². The molecule has 1 aliphatic carbocycles. The molecule has 3 rings (SSSR count). The molecule has 1 saturated carbocycles. The maximum Gasteiger partial charge on any atom is 0.303 e. The zero-order valence-corrected chi connectivity index (χ0v) is 11.3. The van der Waals surface area contributed by atoms with Crippen molar-refractivity contribution in [3.63, 3.8) is 0 Å². The smallest absolute Gasteiger partial charge is 0.303 e. The second kappa shape index (κ2) is 4.02. The standard InChI is InChI=1S/C12H12N2O5S/c15-9(16)6-12(3-4-12)7-14-11(17)8-2-1-5-13-10(8)20(14,18)19/h1-2,5H,3-4,6-7H2,(H,15,16). The summed E-state index contributed by atoms with van der Waals surface area (Å²) in [6, 6.07) is 2.92. The predicted molar refractivity (Wildman–Crippen MR) is 66.4 cm³/mol. The molecule has 2 aliphatic rings. The zero-order valence-electron chi connectivity index (χ0n) is 10.4. The van der Waals surface area contributed by atoms with Gasteiger partial charge in [-0.25, -0.2) is 9.29 Å². The molecule has 0 radical (unpaired) electrons. The lowest BCUT2D eigenvalue weighted by Gasteiger charge is -2.20. The van der Waals surface area contributed by atoms with Crippen LogP contribution in [0.5, 0.6) is 0 Å². The molecule has 20 heavy (non-hydrogen) atoms. The number of carboxylic acid groups (broad SMARTS) is 1. The van der Waals surface area contributed by atoms with Crippen LogP contribution < -0.4 is 0 Å². The lowest BCUT2D eigenvalue weighted by atomic mass is 10.0. The molecule has 1 aromatic rings. The van der Waals surface area contributed by atoms with Gasteiger partial charge in [-0.3, -0.25) is 9.59 Å². The quantitative estimate of drug-likeness (QED) is 0.866. The Kier molecular flexibility index (Phi) is 2.62.